The Morgan fingerprint density at radius 3 is 2.67 bits per heavy atom. The van der Waals surface area contributed by atoms with E-state index in [0.717, 1.165) is 6.07 Å². The molecule has 15 heavy (non-hydrogen) atoms. The minimum atomic E-state index is -2.86. The lowest BCUT2D eigenvalue weighted by atomic mass is 10.2. The summed E-state index contributed by atoms with van der Waals surface area (Å²) in [7, 11) is 0. The number of nitrogens with zero attached hydrogens (tertiary/aromatic N) is 2. The molecule has 0 N–H and O–H groups in total. The predicted octanol–water partition coefficient (Wildman–Crippen LogP) is 3.43. The topological polar surface area (TPSA) is 56.0 Å². The lowest BCUT2D eigenvalue weighted by Gasteiger charge is -2.02. The van der Waals surface area contributed by atoms with Crippen molar-refractivity contribution >= 4 is 33.3 Å². The number of halogens is 4. The highest BCUT2D eigenvalue weighted by Gasteiger charge is 2.24. The molecule has 1 aromatic rings. The maximum Gasteiger partial charge on any atom is 0.378 e. The molecule has 0 aliphatic rings. The predicted molar refractivity (Wildman–Crippen MR) is 53.1 cm³/mol. The summed E-state index contributed by atoms with van der Waals surface area (Å²) in [5.41, 5.74) is -0.436. The summed E-state index contributed by atoms with van der Waals surface area (Å²) in [6, 6.07) is 1.04. The molecule has 82 valence electrons. The zero-order chi connectivity index (χ0) is 11.6. The van der Waals surface area contributed by atoms with E-state index >= 15 is 0 Å². The van der Waals surface area contributed by atoms with E-state index in [1.54, 1.807) is 0 Å². The summed E-state index contributed by atoms with van der Waals surface area (Å²) in [4.78, 5) is 12.9. The van der Waals surface area contributed by atoms with Crippen LogP contribution in [-0.2, 0) is 5.88 Å². The third-order valence-corrected chi connectivity index (χ3v) is 2.73. The monoisotopic (exact) mass is 300 g/mol. The second-order valence-corrected chi connectivity index (χ2v) is 3.60. The smallest absolute Gasteiger partial charge is 0.358 e. The van der Waals surface area contributed by atoms with E-state index in [1.807, 2.05) is 0 Å². The standard InChI is InChI=1S/C7H4BrClF2N2O2/c8-5-3(2-9)1-4(6(10)11)12-7(5)13(14)15/h1,6H,2H2. The van der Waals surface area contributed by atoms with Crippen LogP contribution < -0.4 is 0 Å². The van der Waals surface area contributed by atoms with Crippen molar-refractivity contribution in [3.05, 3.63) is 31.9 Å². The second-order valence-electron chi connectivity index (χ2n) is 2.54. The van der Waals surface area contributed by atoms with Crippen LogP contribution in [0.3, 0.4) is 0 Å². The maximum absolute atomic E-state index is 12.3. The molecule has 0 amide bonds. The molecule has 1 aromatic heterocycles. The van der Waals surface area contributed by atoms with Gasteiger partial charge in [-0.25, -0.2) is 8.78 Å². The van der Waals surface area contributed by atoms with Crippen LogP contribution >= 0.6 is 27.5 Å². The van der Waals surface area contributed by atoms with Crippen molar-refractivity contribution in [1.82, 2.24) is 4.98 Å². The minimum absolute atomic E-state index is 0.0342. The lowest BCUT2D eigenvalue weighted by Crippen LogP contribution is -2.01. The van der Waals surface area contributed by atoms with Crippen molar-refractivity contribution in [2.45, 2.75) is 12.3 Å². The van der Waals surface area contributed by atoms with E-state index in [9.17, 15) is 18.9 Å². The molecule has 0 radical (unpaired) electrons. The van der Waals surface area contributed by atoms with Gasteiger partial charge in [-0.15, -0.1) is 11.6 Å². The molecule has 0 unspecified atom stereocenters. The van der Waals surface area contributed by atoms with Gasteiger partial charge in [0.15, 0.2) is 0 Å². The van der Waals surface area contributed by atoms with Crippen LogP contribution in [0.4, 0.5) is 14.6 Å². The molecule has 0 spiro atoms. The highest BCUT2D eigenvalue weighted by atomic mass is 79.9. The first kappa shape index (κ1) is 12.3. The summed E-state index contributed by atoms with van der Waals surface area (Å²) in [5, 5.41) is 10.5. The molecule has 0 aliphatic carbocycles. The minimum Gasteiger partial charge on any atom is -0.358 e. The normalized spacial score (nSPS) is 10.7. The van der Waals surface area contributed by atoms with Gasteiger partial charge < -0.3 is 10.1 Å². The lowest BCUT2D eigenvalue weighted by molar-refractivity contribution is -0.390. The van der Waals surface area contributed by atoms with Gasteiger partial charge in [-0.3, -0.25) is 0 Å². The van der Waals surface area contributed by atoms with Gasteiger partial charge in [0.25, 0.3) is 0 Å². The van der Waals surface area contributed by atoms with Crippen LogP contribution in [0.25, 0.3) is 0 Å². The van der Waals surface area contributed by atoms with Crippen molar-refractivity contribution in [3.8, 4) is 0 Å². The summed E-state index contributed by atoms with van der Waals surface area (Å²) in [6.45, 7) is 0. The van der Waals surface area contributed by atoms with E-state index < -0.39 is 22.9 Å². The number of pyridine rings is 1. The Kier molecular flexibility index (Phi) is 3.92. The summed E-state index contributed by atoms with van der Waals surface area (Å²) >= 11 is 8.35. The van der Waals surface area contributed by atoms with Crippen molar-refractivity contribution in [3.63, 3.8) is 0 Å². The Labute approximate surface area is 96.5 Å². The molecular weight excluding hydrogens is 297 g/mol. The Balaban J connectivity index is 3.38. The first-order chi connectivity index (χ1) is 6.97. The highest BCUT2D eigenvalue weighted by molar-refractivity contribution is 9.10. The van der Waals surface area contributed by atoms with Gasteiger partial charge in [-0.1, -0.05) is 0 Å². The largest absolute Gasteiger partial charge is 0.378 e. The average Bonchev–Trinajstić information content (AvgIpc) is 2.17. The Morgan fingerprint density at radius 2 is 2.27 bits per heavy atom. The Bertz CT molecular complexity index is 403. The van der Waals surface area contributed by atoms with Gasteiger partial charge in [0.2, 0.25) is 5.69 Å². The van der Waals surface area contributed by atoms with Crippen LogP contribution in [0, 0.1) is 10.1 Å². The first-order valence-electron chi connectivity index (χ1n) is 3.65. The van der Waals surface area contributed by atoms with Gasteiger partial charge in [0.1, 0.15) is 4.47 Å². The van der Waals surface area contributed by atoms with Crippen molar-refractivity contribution < 1.29 is 13.7 Å². The van der Waals surface area contributed by atoms with E-state index in [1.165, 1.54) is 0 Å². The molecule has 0 fully saturated rings. The Hall–Kier alpha value is -0.820. The third kappa shape index (κ3) is 2.60. The molecule has 0 atom stereocenters. The zero-order valence-corrected chi connectivity index (χ0v) is 9.43. The van der Waals surface area contributed by atoms with Crippen LogP contribution in [-0.4, -0.2) is 9.91 Å². The molecular formula is C7H4BrClF2N2O2. The number of aromatic nitrogens is 1. The van der Waals surface area contributed by atoms with Gasteiger partial charge in [0, 0.05) is 5.88 Å². The number of rotatable bonds is 3. The maximum atomic E-state index is 12.3. The molecule has 0 aliphatic heterocycles. The van der Waals surface area contributed by atoms with Gasteiger partial charge in [-0.05, 0) is 37.5 Å². The highest BCUT2D eigenvalue weighted by Crippen LogP contribution is 2.31. The molecule has 0 bridgehead atoms. The number of hydrogen-bond donors (Lipinski definition) is 0. The molecule has 8 heteroatoms. The average molecular weight is 301 g/mol. The fourth-order valence-corrected chi connectivity index (χ4v) is 1.78. The molecule has 0 saturated carbocycles. The fraction of sp³-hybridized carbons (Fsp3) is 0.286. The van der Waals surface area contributed by atoms with Gasteiger partial charge >= 0.3 is 12.2 Å². The number of hydrogen-bond acceptors (Lipinski definition) is 3. The molecule has 1 rings (SSSR count). The molecule has 4 nitrogen and oxygen atoms in total. The van der Waals surface area contributed by atoms with Crippen LogP contribution in [0.1, 0.15) is 17.7 Å². The molecule has 0 saturated heterocycles. The summed E-state index contributed by atoms with van der Waals surface area (Å²) < 4.78 is 24.7. The SMILES string of the molecule is O=[N+]([O-])c1nc(C(F)F)cc(CCl)c1Br. The molecule has 0 aromatic carbocycles. The second kappa shape index (κ2) is 4.80. The van der Waals surface area contributed by atoms with E-state index in [2.05, 4.69) is 20.9 Å². The van der Waals surface area contributed by atoms with Gasteiger partial charge in [-0.2, -0.15) is 0 Å². The summed E-state index contributed by atoms with van der Waals surface area (Å²) in [6.07, 6.45) is -2.86. The Morgan fingerprint density at radius 1 is 1.67 bits per heavy atom. The van der Waals surface area contributed by atoms with E-state index in [4.69, 9.17) is 11.6 Å². The zero-order valence-electron chi connectivity index (χ0n) is 7.08. The van der Waals surface area contributed by atoms with E-state index in [0.29, 0.717) is 0 Å². The number of nitro groups is 1. The van der Waals surface area contributed by atoms with Crippen molar-refractivity contribution in [2.24, 2.45) is 0 Å². The van der Waals surface area contributed by atoms with E-state index in [-0.39, 0.29) is 15.9 Å². The van der Waals surface area contributed by atoms with Crippen LogP contribution in [0.5, 0.6) is 0 Å². The van der Waals surface area contributed by atoms with Crippen LogP contribution in [0.2, 0.25) is 0 Å². The fourth-order valence-electron chi connectivity index (χ4n) is 0.919. The first-order valence-corrected chi connectivity index (χ1v) is 4.98. The van der Waals surface area contributed by atoms with Gasteiger partial charge in [0.05, 0.1) is 0 Å². The van der Waals surface area contributed by atoms with Crippen molar-refractivity contribution in [1.29, 1.82) is 0 Å². The molecule has 1 heterocycles. The van der Waals surface area contributed by atoms with Crippen LogP contribution in [0.15, 0.2) is 10.5 Å². The van der Waals surface area contributed by atoms with Crippen molar-refractivity contribution in [2.75, 3.05) is 0 Å². The third-order valence-electron chi connectivity index (χ3n) is 1.58. The number of alkyl halides is 3. The quantitative estimate of drug-likeness (QED) is 0.488. The summed E-state index contributed by atoms with van der Waals surface area (Å²) in [5.74, 6) is -0.757.